The molecule has 0 radical (unpaired) electrons. The van der Waals surface area contributed by atoms with Gasteiger partial charge in [0, 0.05) is 5.41 Å². The van der Waals surface area contributed by atoms with E-state index in [1.807, 2.05) is 0 Å². The van der Waals surface area contributed by atoms with Crippen molar-refractivity contribution in [3.05, 3.63) is 35.1 Å². The highest BCUT2D eigenvalue weighted by atomic mass is 19.1. The summed E-state index contributed by atoms with van der Waals surface area (Å²) in [6, 6.07) is 4.33. The lowest BCUT2D eigenvalue weighted by atomic mass is 9.79. The Kier molecular flexibility index (Phi) is 3.33. The molecule has 0 aliphatic heterocycles. The number of aryl methyl sites for hydroxylation is 1. The van der Waals surface area contributed by atoms with Gasteiger partial charge in [0.2, 0.25) is 0 Å². The maximum atomic E-state index is 13.1. The third-order valence-electron chi connectivity index (χ3n) is 2.82. The highest BCUT2D eigenvalue weighted by Crippen LogP contribution is 2.28. The molecule has 3 nitrogen and oxygen atoms in total. The number of carbonyl (C=O) groups is 1. The number of rotatable bonds is 3. The van der Waals surface area contributed by atoms with Gasteiger partial charge < -0.3 is 10.2 Å². The van der Waals surface area contributed by atoms with Crippen LogP contribution in [0.3, 0.4) is 0 Å². The Morgan fingerprint density at radius 3 is 2.44 bits per heavy atom. The maximum absolute atomic E-state index is 13.1. The molecule has 1 aromatic rings. The van der Waals surface area contributed by atoms with E-state index in [1.165, 1.54) is 12.1 Å². The topological polar surface area (TPSA) is 57.5 Å². The van der Waals surface area contributed by atoms with Crippen LogP contribution in [-0.4, -0.2) is 22.3 Å². The molecule has 0 amide bonds. The molecular weight excluding hydrogens is 211 g/mol. The lowest BCUT2D eigenvalue weighted by Gasteiger charge is -2.28. The molecule has 0 aliphatic rings. The summed E-state index contributed by atoms with van der Waals surface area (Å²) in [5.74, 6) is -1.63. The minimum Gasteiger partial charge on any atom is -0.479 e. The fourth-order valence-corrected chi connectivity index (χ4v) is 1.51. The summed E-state index contributed by atoms with van der Waals surface area (Å²) < 4.78 is 13.1. The minimum atomic E-state index is -1.52. The third kappa shape index (κ3) is 2.22. The summed E-state index contributed by atoms with van der Waals surface area (Å²) in [4.78, 5) is 10.7. The molecular formula is C12H15FO3. The molecule has 0 saturated carbocycles. The molecule has 0 bridgehead atoms. The summed E-state index contributed by atoms with van der Waals surface area (Å²) in [7, 11) is 0. The number of aliphatic hydroxyl groups is 1. The van der Waals surface area contributed by atoms with E-state index in [4.69, 9.17) is 5.11 Å². The van der Waals surface area contributed by atoms with Crippen LogP contribution in [-0.2, 0) is 10.2 Å². The highest BCUT2D eigenvalue weighted by Gasteiger charge is 2.35. The number of benzene rings is 1. The molecule has 0 saturated heterocycles. The number of halogens is 1. The van der Waals surface area contributed by atoms with Crippen molar-refractivity contribution in [2.24, 2.45) is 0 Å². The van der Waals surface area contributed by atoms with Crippen LogP contribution in [0.5, 0.6) is 0 Å². The Morgan fingerprint density at radius 2 is 2.00 bits per heavy atom. The summed E-state index contributed by atoms with van der Waals surface area (Å²) in [6.07, 6.45) is -1.52. The molecule has 0 aromatic heterocycles. The number of hydrogen-bond donors (Lipinski definition) is 2. The average Bonchev–Trinajstić information content (AvgIpc) is 2.20. The van der Waals surface area contributed by atoms with Crippen LogP contribution in [0.4, 0.5) is 4.39 Å². The van der Waals surface area contributed by atoms with Gasteiger partial charge in [-0.05, 0) is 24.1 Å². The van der Waals surface area contributed by atoms with Crippen molar-refractivity contribution in [2.45, 2.75) is 32.3 Å². The van der Waals surface area contributed by atoms with Gasteiger partial charge in [-0.15, -0.1) is 0 Å². The first-order chi connectivity index (χ1) is 7.26. The van der Waals surface area contributed by atoms with E-state index in [9.17, 15) is 14.3 Å². The number of aliphatic carboxylic acids is 1. The number of carboxylic acid groups (broad SMARTS) is 1. The van der Waals surface area contributed by atoms with Crippen molar-refractivity contribution in [3.63, 3.8) is 0 Å². The molecule has 1 atom stereocenters. The minimum absolute atomic E-state index is 0.343. The molecule has 1 aromatic carbocycles. The van der Waals surface area contributed by atoms with Crippen molar-refractivity contribution >= 4 is 5.97 Å². The summed E-state index contributed by atoms with van der Waals surface area (Å²) >= 11 is 0. The normalized spacial score (nSPS) is 13.6. The fourth-order valence-electron chi connectivity index (χ4n) is 1.51. The zero-order chi connectivity index (χ0) is 12.5. The second kappa shape index (κ2) is 4.22. The van der Waals surface area contributed by atoms with Crippen LogP contribution in [0.15, 0.2) is 18.2 Å². The van der Waals surface area contributed by atoms with Crippen LogP contribution >= 0.6 is 0 Å². The standard InChI is InChI=1S/C12H15FO3/c1-7-6-8(4-5-9(7)13)12(2,3)10(14)11(15)16/h4-6,10,14H,1-3H3,(H,15,16). The first-order valence-corrected chi connectivity index (χ1v) is 4.94. The fraction of sp³-hybridized carbons (Fsp3) is 0.417. The van der Waals surface area contributed by atoms with E-state index in [-0.39, 0.29) is 5.82 Å². The van der Waals surface area contributed by atoms with E-state index in [0.29, 0.717) is 11.1 Å². The van der Waals surface area contributed by atoms with Gasteiger partial charge in [0.25, 0.3) is 0 Å². The third-order valence-corrected chi connectivity index (χ3v) is 2.82. The van der Waals surface area contributed by atoms with Crippen LogP contribution in [0.1, 0.15) is 25.0 Å². The van der Waals surface area contributed by atoms with Crippen LogP contribution in [0.2, 0.25) is 0 Å². The first-order valence-electron chi connectivity index (χ1n) is 4.94. The largest absolute Gasteiger partial charge is 0.479 e. The van der Waals surface area contributed by atoms with Gasteiger partial charge in [0.15, 0.2) is 6.10 Å². The molecule has 0 spiro atoms. The molecule has 0 fully saturated rings. The van der Waals surface area contributed by atoms with E-state index in [0.717, 1.165) is 0 Å². The number of aliphatic hydroxyl groups excluding tert-OH is 1. The zero-order valence-electron chi connectivity index (χ0n) is 9.49. The Labute approximate surface area is 93.5 Å². The van der Waals surface area contributed by atoms with Crippen molar-refractivity contribution in [2.75, 3.05) is 0 Å². The lowest BCUT2D eigenvalue weighted by Crippen LogP contribution is -2.39. The van der Waals surface area contributed by atoms with Gasteiger partial charge in [0.1, 0.15) is 5.82 Å². The Morgan fingerprint density at radius 1 is 1.44 bits per heavy atom. The summed E-state index contributed by atoms with van der Waals surface area (Å²) in [5, 5.41) is 18.4. The first kappa shape index (κ1) is 12.6. The van der Waals surface area contributed by atoms with Gasteiger partial charge in [-0.2, -0.15) is 0 Å². The van der Waals surface area contributed by atoms with E-state index >= 15 is 0 Å². The van der Waals surface area contributed by atoms with Crippen LogP contribution in [0, 0.1) is 12.7 Å². The smallest absolute Gasteiger partial charge is 0.333 e. The van der Waals surface area contributed by atoms with Gasteiger partial charge >= 0.3 is 5.97 Å². The molecule has 16 heavy (non-hydrogen) atoms. The van der Waals surface area contributed by atoms with Crippen molar-refractivity contribution in [3.8, 4) is 0 Å². The predicted octanol–water partition coefficient (Wildman–Crippen LogP) is 1.86. The maximum Gasteiger partial charge on any atom is 0.333 e. The number of hydrogen-bond acceptors (Lipinski definition) is 2. The van der Waals surface area contributed by atoms with Gasteiger partial charge in [-0.1, -0.05) is 26.0 Å². The zero-order valence-corrected chi connectivity index (χ0v) is 9.49. The van der Waals surface area contributed by atoms with E-state index in [2.05, 4.69) is 0 Å². The van der Waals surface area contributed by atoms with Gasteiger partial charge in [-0.3, -0.25) is 0 Å². The van der Waals surface area contributed by atoms with Gasteiger partial charge in [0.05, 0.1) is 0 Å². The SMILES string of the molecule is Cc1cc(C(C)(C)C(O)C(=O)O)ccc1F. The second-order valence-electron chi connectivity index (χ2n) is 4.43. The van der Waals surface area contributed by atoms with E-state index < -0.39 is 17.5 Å². The molecule has 2 N–H and O–H groups in total. The molecule has 1 unspecified atom stereocenters. The van der Waals surface area contributed by atoms with Crippen molar-refractivity contribution in [1.82, 2.24) is 0 Å². The molecule has 0 aliphatic carbocycles. The van der Waals surface area contributed by atoms with Crippen molar-refractivity contribution < 1.29 is 19.4 Å². The van der Waals surface area contributed by atoms with Crippen LogP contribution < -0.4 is 0 Å². The average molecular weight is 226 g/mol. The monoisotopic (exact) mass is 226 g/mol. The molecule has 1 rings (SSSR count). The number of carboxylic acids is 1. The van der Waals surface area contributed by atoms with Crippen LogP contribution in [0.25, 0.3) is 0 Å². The second-order valence-corrected chi connectivity index (χ2v) is 4.43. The quantitative estimate of drug-likeness (QED) is 0.827. The van der Waals surface area contributed by atoms with Crippen molar-refractivity contribution in [1.29, 1.82) is 0 Å². The lowest BCUT2D eigenvalue weighted by molar-refractivity contribution is -0.150. The Hall–Kier alpha value is -1.42. The Balaban J connectivity index is 3.16. The highest BCUT2D eigenvalue weighted by molar-refractivity contribution is 5.74. The Bertz CT molecular complexity index is 413. The summed E-state index contributed by atoms with van der Waals surface area (Å²) in [5.41, 5.74) is 0.0778. The molecule has 4 heteroatoms. The predicted molar refractivity (Wildman–Crippen MR) is 57.8 cm³/mol. The molecule has 0 heterocycles. The van der Waals surface area contributed by atoms with Gasteiger partial charge in [-0.25, -0.2) is 9.18 Å². The molecule has 88 valence electrons. The summed E-state index contributed by atoms with van der Waals surface area (Å²) in [6.45, 7) is 4.82. The van der Waals surface area contributed by atoms with E-state index in [1.54, 1.807) is 26.8 Å².